The van der Waals surface area contributed by atoms with E-state index in [9.17, 15) is 0 Å². The summed E-state index contributed by atoms with van der Waals surface area (Å²) in [5, 5.41) is 0.614. The number of rotatable bonds is 4. The Morgan fingerprint density at radius 1 is 1.29 bits per heavy atom. The fraction of sp³-hybridized carbons (Fsp3) is 0.286. The smallest absolute Gasteiger partial charge is 0.164 e. The van der Waals surface area contributed by atoms with Crippen LogP contribution in [-0.2, 0) is 4.74 Å². The second-order valence-corrected chi connectivity index (χ2v) is 7.44. The van der Waals surface area contributed by atoms with Gasteiger partial charge in [0.25, 0.3) is 0 Å². The third-order valence-electron chi connectivity index (χ3n) is 5.09. The molecule has 1 atom stereocenters. The van der Waals surface area contributed by atoms with Gasteiger partial charge in [-0.2, -0.15) is 0 Å². The first-order valence-corrected chi connectivity index (χ1v) is 9.68. The van der Waals surface area contributed by atoms with E-state index in [0.29, 0.717) is 17.5 Å². The zero-order valence-corrected chi connectivity index (χ0v) is 16.2. The predicted octanol–water partition coefficient (Wildman–Crippen LogP) is 4.32. The van der Waals surface area contributed by atoms with E-state index in [1.165, 1.54) is 0 Å². The summed E-state index contributed by atoms with van der Waals surface area (Å²) in [6.07, 6.45) is 4.61. The topological polar surface area (TPSA) is 61.5 Å². The predicted molar refractivity (Wildman–Crippen MR) is 108 cm³/mol. The van der Waals surface area contributed by atoms with Crippen molar-refractivity contribution in [3.63, 3.8) is 0 Å². The Labute approximate surface area is 167 Å². The molecular weight excluding hydrogens is 376 g/mol. The van der Waals surface area contributed by atoms with Crippen LogP contribution in [0.25, 0.3) is 28.1 Å². The van der Waals surface area contributed by atoms with E-state index in [-0.39, 0.29) is 0 Å². The molecule has 0 N–H and O–H groups in total. The molecule has 5 rings (SSSR count). The van der Waals surface area contributed by atoms with Crippen LogP contribution >= 0.6 is 11.6 Å². The van der Waals surface area contributed by atoms with E-state index in [2.05, 4.69) is 15.0 Å². The van der Waals surface area contributed by atoms with Gasteiger partial charge >= 0.3 is 0 Å². The summed E-state index contributed by atoms with van der Waals surface area (Å²) in [5.41, 5.74) is 4.17. The average molecular weight is 395 g/mol. The monoisotopic (exact) mass is 394 g/mol. The van der Waals surface area contributed by atoms with Gasteiger partial charge in [-0.25, -0.2) is 15.0 Å². The minimum Gasteiger partial charge on any atom is -0.493 e. The lowest BCUT2D eigenvalue weighted by Gasteiger charge is -2.13. The highest BCUT2D eigenvalue weighted by molar-refractivity contribution is 6.33. The van der Waals surface area contributed by atoms with Crippen LogP contribution < -0.4 is 4.74 Å². The molecule has 0 spiro atoms. The van der Waals surface area contributed by atoms with Crippen molar-refractivity contribution >= 4 is 28.3 Å². The summed E-state index contributed by atoms with van der Waals surface area (Å²) >= 11 is 6.54. The highest BCUT2D eigenvalue weighted by Crippen LogP contribution is 2.33. The van der Waals surface area contributed by atoms with E-state index in [0.717, 1.165) is 59.1 Å². The molecule has 0 aliphatic carbocycles. The molecule has 1 unspecified atom stereocenters. The molecule has 28 heavy (non-hydrogen) atoms. The van der Waals surface area contributed by atoms with Gasteiger partial charge in [-0.1, -0.05) is 11.6 Å². The van der Waals surface area contributed by atoms with Crippen molar-refractivity contribution in [1.29, 1.82) is 0 Å². The first-order valence-electron chi connectivity index (χ1n) is 9.30. The molecule has 4 aromatic rings. The van der Waals surface area contributed by atoms with E-state index in [4.69, 9.17) is 21.1 Å². The molecule has 1 fully saturated rings. The van der Waals surface area contributed by atoms with Gasteiger partial charge in [-0.15, -0.1) is 0 Å². The van der Waals surface area contributed by atoms with Crippen molar-refractivity contribution in [3.05, 3.63) is 53.4 Å². The van der Waals surface area contributed by atoms with E-state index in [1.807, 2.05) is 47.9 Å². The maximum absolute atomic E-state index is 6.54. The number of pyridine rings is 1. The average Bonchev–Trinajstić information content (AvgIpc) is 3.38. The van der Waals surface area contributed by atoms with E-state index < -0.39 is 0 Å². The van der Waals surface area contributed by atoms with Crippen molar-refractivity contribution in [1.82, 2.24) is 19.4 Å². The van der Waals surface area contributed by atoms with Crippen LogP contribution in [0.15, 0.2) is 42.7 Å². The minimum atomic E-state index is 0.438. The molecule has 3 aromatic heterocycles. The maximum atomic E-state index is 6.54. The summed E-state index contributed by atoms with van der Waals surface area (Å²) < 4.78 is 13.4. The first kappa shape index (κ1) is 17.4. The van der Waals surface area contributed by atoms with Gasteiger partial charge in [0.15, 0.2) is 5.65 Å². The molecule has 1 aliphatic rings. The summed E-state index contributed by atoms with van der Waals surface area (Å²) in [4.78, 5) is 13.8. The molecule has 0 radical (unpaired) electrons. The highest BCUT2D eigenvalue weighted by atomic mass is 35.5. The largest absolute Gasteiger partial charge is 0.493 e. The molecule has 1 saturated heterocycles. The zero-order chi connectivity index (χ0) is 19.1. The molecule has 7 heteroatoms. The minimum absolute atomic E-state index is 0.438. The molecule has 0 amide bonds. The van der Waals surface area contributed by atoms with Gasteiger partial charge in [0.1, 0.15) is 17.1 Å². The number of aromatic nitrogens is 4. The number of nitrogens with zero attached hydrogens (tertiary/aromatic N) is 4. The number of hydrogen-bond donors (Lipinski definition) is 0. The Balaban J connectivity index is 1.60. The van der Waals surface area contributed by atoms with Crippen molar-refractivity contribution in [2.75, 3.05) is 19.8 Å². The normalized spacial score (nSPS) is 16.9. The number of imidazole rings is 1. The molecule has 0 bridgehead atoms. The van der Waals surface area contributed by atoms with Gasteiger partial charge in [0.2, 0.25) is 0 Å². The molecule has 6 nitrogen and oxygen atoms in total. The lowest BCUT2D eigenvalue weighted by Crippen LogP contribution is -2.11. The van der Waals surface area contributed by atoms with Crippen LogP contribution in [0.2, 0.25) is 5.02 Å². The van der Waals surface area contributed by atoms with Crippen LogP contribution in [0, 0.1) is 12.8 Å². The maximum Gasteiger partial charge on any atom is 0.164 e. The van der Waals surface area contributed by atoms with Crippen LogP contribution in [-0.4, -0.2) is 39.2 Å². The van der Waals surface area contributed by atoms with Crippen molar-refractivity contribution in [2.24, 2.45) is 5.92 Å². The lowest BCUT2D eigenvalue weighted by molar-refractivity contribution is 0.167. The Bertz CT molecular complexity index is 1170. The SMILES string of the molecule is Cc1nc2cccnc2n2c(-c3cc(OCC4CCOC4)ccc3Cl)ncc12. The fourth-order valence-corrected chi connectivity index (χ4v) is 3.79. The molecule has 4 heterocycles. The highest BCUT2D eigenvalue weighted by Gasteiger charge is 2.18. The zero-order valence-electron chi connectivity index (χ0n) is 15.4. The molecule has 1 aliphatic heterocycles. The number of benzene rings is 1. The Kier molecular flexibility index (Phi) is 4.37. The van der Waals surface area contributed by atoms with Crippen LogP contribution in [0.3, 0.4) is 0 Å². The van der Waals surface area contributed by atoms with Gasteiger partial charge < -0.3 is 9.47 Å². The van der Waals surface area contributed by atoms with Crippen LogP contribution in [0.4, 0.5) is 0 Å². The third-order valence-corrected chi connectivity index (χ3v) is 5.42. The first-order chi connectivity index (χ1) is 13.7. The molecule has 142 valence electrons. The summed E-state index contributed by atoms with van der Waals surface area (Å²) in [6.45, 7) is 4.18. The molecular formula is C21H19ClN4O2. The van der Waals surface area contributed by atoms with Crippen LogP contribution in [0.1, 0.15) is 12.1 Å². The number of hydrogen-bond acceptors (Lipinski definition) is 5. The number of fused-ring (bicyclic) bond motifs is 3. The standard InChI is InChI=1S/C21H19ClN4O2/c1-13-19-10-24-20(26(19)21-18(25-13)3-2-7-23-21)16-9-15(4-5-17(16)22)28-12-14-6-8-27-11-14/h2-5,7,9-10,14H,6,8,11-12H2,1H3. The summed E-state index contributed by atoms with van der Waals surface area (Å²) in [5.74, 6) is 1.93. The van der Waals surface area contributed by atoms with Gasteiger partial charge in [0, 0.05) is 24.3 Å². The van der Waals surface area contributed by atoms with Crippen molar-refractivity contribution in [3.8, 4) is 17.1 Å². The molecule has 0 saturated carbocycles. The summed E-state index contributed by atoms with van der Waals surface area (Å²) in [7, 11) is 0. The number of halogens is 1. The third kappa shape index (κ3) is 2.99. The number of ether oxygens (including phenoxy) is 2. The molecule has 1 aromatic carbocycles. The number of aryl methyl sites for hydroxylation is 1. The van der Waals surface area contributed by atoms with Gasteiger partial charge in [-0.3, -0.25) is 4.40 Å². The lowest BCUT2D eigenvalue weighted by atomic mass is 10.1. The Morgan fingerprint density at radius 3 is 3.07 bits per heavy atom. The second kappa shape index (κ2) is 7.04. The van der Waals surface area contributed by atoms with Gasteiger partial charge in [0.05, 0.1) is 35.6 Å². The fourth-order valence-electron chi connectivity index (χ4n) is 3.59. The van der Waals surface area contributed by atoms with E-state index in [1.54, 1.807) is 6.20 Å². The van der Waals surface area contributed by atoms with Gasteiger partial charge in [-0.05, 0) is 43.7 Å². The van der Waals surface area contributed by atoms with E-state index >= 15 is 0 Å². The van der Waals surface area contributed by atoms with Crippen LogP contribution in [0.5, 0.6) is 5.75 Å². The Hall–Kier alpha value is -2.70. The quantitative estimate of drug-likeness (QED) is 0.515. The van der Waals surface area contributed by atoms with Crippen molar-refractivity contribution in [2.45, 2.75) is 13.3 Å². The van der Waals surface area contributed by atoms with Crippen molar-refractivity contribution < 1.29 is 9.47 Å². The second-order valence-electron chi connectivity index (χ2n) is 7.03. The summed E-state index contributed by atoms with van der Waals surface area (Å²) in [6, 6.07) is 9.51. The Morgan fingerprint density at radius 2 is 2.21 bits per heavy atom.